The summed E-state index contributed by atoms with van der Waals surface area (Å²) in [5.74, 6) is 1.73. The van der Waals surface area contributed by atoms with E-state index in [4.69, 9.17) is 14.7 Å². The minimum atomic E-state index is 0.763. The molecule has 4 rings (SSSR count). The molecular formula is C23H30N4O. The minimum absolute atomic E-state index is 0.763. The molecule has 1 aromatic carbocycles. The van der Waals surface area contributed by atoms with Crippen LogP contribution >= 0.6 is 0 Å². The van der Waals surface area contributed by atoms with Crippen LogP contribution in [0, 0.1) is 12.8 Å². The third kappa shape index (κ3) is 4.04. The lowest BCUT2D eigenvalue weighted by Gasteiger charge is -2.16. The molecule has 148 valence electrons. The number of imidazole rings is 1. The fourth-order valence-corrected chi connectivity index (χ4v) is 4.34. The lowest BCUT2D eigenvalue weighted by Crippen LogP contribution is -2.20. The summed E-state index contributed by atoms with van der Waals surface area (Å²) in [6.45, 7) is 8.51. The summed E-state index contributed by atoms with van der Waals surface area (Å²) < 4.78 is 7.41. The molecule has 0 saturated carbocycles. The van der Waals surface area contributed by atoms with Crippen LogP contribution in [0.5, 0.6) is 5.75 Å². The van der Waals surface area contributed by atoms with Gasteiger partial charge in [0.15, 0.2) is 5.65 Å². The van der Waals surface area contributed by atoms with Gasteiger partial charge in [-0.15, -0.1) is 0 Å². The Morgan fingerprint density at radius 3 is 2.75 bits per heavy atom. The number of nitrogens with zero attached hydrogens (tertiary/aromatic N) is 4. The maximum absolute atomic E-state index is 5.26. The summed E-state index contributed by atoms with van der Waals surface area (Å²) in [6.07, 6.45) is 5.88. The van der Waals surface area contributed by atoms with Crippen LogP contribution < -0.4 is 4.74 Å². The number of likely N-dealkylation sites (tertiary alicyclic amines) is 1. The monoisotopic (exact) mass is 378 g/mol. The van der Waals surface area contributed by atoms with E-state index < -0.39 is 0 Å². The van der Waals surface area contributed by atoms with E-state index in [1.807, 2.05) is 18.5 Å². The number of hydrogen-bond donors (Lipinski definition) is 0. The second kappa shape index (κ2) is 8.31. The average Bonchev–Trinajstić information content (AvgIpc) is 3.30. The van der Waals surface area contributed by atoms with Crippen LogP contribution in [-0.4, -0.2) is 39.6 Å². The van der Waals surface area contributed by atoms with Crippen LogP contribution in [0.1, 0.15) is 43.0 Å². The maximum atomic E-state index is 5.26. The third-order valence-electron chi connectivity index (χ3n) is 5.75. The Bertz CT molecular complexity index is 932. The molecule has 0 N–H and O–H groups in total. The van der Waals surface area contributed by atoms with Crippen LogP contribution in [0.2, 0.25) is 0 Å². The first kappa shape index (κ1) is 18.9. The van der Waals surface area contributed by atoms with Crippen LogP contribution in [0.25, 0.3) is 11.2 Å². The number of benzene rings is 1. The summed E-state index contributed by atoms with van der Waals surface area (Å²) in [7, 11) is 1.69. The zero-order valence-corrected chi connectivity index (χ0v) is 17.2. The Hall–Kier alpha value is -2.40. The van der Waals surface area contributed by atoms with Gasteiger partial charge in [-0.1, -0.05) is 25.5 Å². The summed E-state index contributed by atoms with van der Waals surface area (Å²) in [5, 5.41) is 0. The molecule has 1 atom stereocenters. The second-order valence-electron chi connectivity index (χ2n) is 7.99. The molecule has 3 aromatic rings. The molecule has 0 radical (unpaired) electrons. The summed E-state index contributed by atoms with van der Waals surface area (Å²) in [4.78, 5) is 12.1. The average molecular weight is 379 g/mol. The number of ether oxygens (including phenoxy) is 1. The molecule has 1 aliphatic rings. The van der Waals surface area contributed by atoms with Crippen molar-refractivity contribution in [2.75, 3.05) is 20.2 Å². The topological polar surface area (TPSA) is 43.2 Å². The van der Waals surface area contributed by atoms with Gasteiger partial charge in [0, 0.05) is 18.8 Å². The van der Waals surface area contributed by atoms with E-state index in [1.54, 1.807) is 7.11 Å². The van der Waals surface area contributed by atoms with Gasteiger partial charge in [-0.25, -0.2) is 9.97 Å². The minimum Gasteiger partial charge on any atom is -0.497 e. The number of hydrogen-bond acceptors (Lipinski definition) is 4. The Morgan fingerprint density at radius 1 is 1.18 bits per heavy atom. The molecule has 5 nitrogen and oxygen atoms in total. The van der Waals surface area contributed by atoms with Gasteiger partial charge in [-0.05, 0) is 61.6 Å². The fraction of sp³-hybridized carbons (Fsp3) is 0.478. The van der Waals surface area contributed by atoms with Gasteiger partial charge in [0.2, 0.25) is 0 Å². The van der Waals surface area contributed by atoms with E-state index in [-0.39, 0.29) is 0 Å². The number of rotatable bonds is 7. The van der Waals surface area contributed by atoms with E-state index in [0.717, 1.165) is 41.6 Å². The van der Waals surface area contributed by atoms with Crippen LogP contribution in [0.4, 0.5) is 0 Å². The van der Waals surface area contributed by atoms with Crippen molar-refractivity contribution >= 4 is 11.2 Å². The number of aryl methyl sites for hydroxylation is 1. The van der Waals surface area contributed by atoms with E-state index in [1.165, 1.54) is 43.5 Å². The molecule has 1 saturated heterocycles. The standard InChI is InChI=1S/C23H30N4O/c1-4-5-18-10-11-26(13-18)15-20-12-17(2)25-23-22(20)24-16-27(23)14-19-6-8-21(28-3)9-7-19/h6-9,12,16,18H,4-5,10-11,13-15H2,1-3H3. The van der Waals surface area contributed by atoms with E-state index in [9.17, 15) is 0 Å². The summed E-state index contributed by atoms with van der Waals surface area (Å²) >= 11 is 0. The molecule has 1 fully saturated rings. The SMILES string of the molecule is CCCC1CCN(Cc2cc(C)nc3c2ncn3Cc2ccc(OC)cc2)C1. The number of methoxy groups -OCH3 is 1. The third-order valence-corrected chi connectivity index (χ3v) is 5.75. The molecule has 5 heteroatoms. The molecule has 28 heavy (non-hydrogen) atoms. The van der Waals surface area contributed by atoms with Gasteiger partial charge in [0.1, 0.15) is 11.3 Å². The molecule has 0 bridgehead atoms. The highest BCUT2D eigenvalue weighted by Gasteiger charge is 2.23. The first-order chi connectivity index (χ1) is 13.7. The molecule has 0 spiro atoms. The van der Waals surface area contributed by atoms with Crippen LogP contribution in [0.3, 0.4) is 0 Å². The lowest BCUT2D eigenvalue weighted by atomic mass is 10.0. The largest absolute Gasteiger partial charge is 0.497 e. The molecule has 2 aromatic heterocycles. The Kier molecular flexibility index (Phi) is 5.62. The fourth-order valence-electron chi connectivity index (χ4n) is 4.34. The second-order valence-corrected chi connectivity index (χ2v) is 7.99. The zero-order chi connectivity index (χ0) is 19.5. The van der Waals surface area contributed by atoms with Crippen molar-refractivity contribution in [3.05, 3.63) is 53.5 Å². The van der Waals surface area contributed by atoms with Crippen molar-refractivity contribution in [3.63, 3.8) is 0 Å². The van der Waals surface area contributed by atoms with Crippen molar-refractivity contribution in [3.8, 4) is 5.75 Å². The number of fused-ring (bicyclic) bond motifs is 1. The Balaban J connectivity index is 1.56. The maximum Gasteiger partial charge on any atom is 0.160 e. The molecule has 1 unspecified atom stereocenters. The van der Waals surface area contributed by atoms with Crippen molar-refractivity contribution in [1.82, 2.24) is 19.4 Å². The smallest absolute Gasteiger partial charge is 0.160 e. The highest BCUT2D eigenvalue weighted by atomic mass is 16.5. The number of aromatic nitrogens is 3. The van der Waals surface area contributed by atoms with Gasteiger partial charge >= 0.3 is 0 Å². The van der Waals surface area contributed by atoms with Crippen LogP contribution in [-0.2, 0) is 13.1 Å². The quantitative estimate of drug-likeness (QED) is 0.610. The van der Waals surface area contributed by atoms with Crippen molar-refractivity contribution in [2.24, 2.45) is 5.92 Å². The summed E-state index contributed by atoms with van der Waals surface area (Å²) in [5.41, 5.74) is 5.59. The van der Waals surface area contributed by atoms with E-state index in [0.29, 0.717) is 0 Å². The Morgan fingerprint density at radius 2 is 2.00 bits per heavy atom. The van der Waals surface area contributed by atoms with Crippen molar-refractivity contribution < 1.29 is 4.74 Å². The highest BCUT2D eigenvalue weighted by Crippen LogP contribution is 2.25. The van der Waals surface area contributed by atoms with Gasteiger partial charge in [-0.2, -0.15) is 0 Å². The number of pyridine rings is 1. The molecule has 0 amide bonds. The normalized spacial score (nSPS) is 17.5. The van der Waals surface area contributed by atoms with Gasteiger partial charge < -0.3 is 9.30 Å². The predicted octanol–water partition coefficient (Wildman–Crippen LogP) is 4.42. The van der Waals surface area contributed by atoms with Crippen molar-refractivity contribution in [2.45, 2.75) is 46.2 Å². The Labute approximate surface area is 167 Å². The first-order valence-electron chi connectivity index (χ1n) is 10.3. The first-order valence-corrected chi connectivity index (χ1v) is 10.3. The van der Waals surface area contributed by atoms with E-state index in [2.05, 4.69) is 41.5 Å². The molecular weight excluding hydrogens is 348 g/mol. The molecule has 1 aliphatic heterocycles. The zero-order valence-electron chi connectivity index (χ0n) is 17.2. The lowest BCUT2D eigenvalue weighted by molar-refractivity contribution is 0.314. The van der Waals surface area contributed by atoms with Gasteiger partial charge in [0.05, 0.1) is 20.0 Å². The van der Waals surface area contributed by atoms with Crippen LogP contribution in [0.15, 0.2) is 36.7 Å². The van der Waals surface area contributed by atoms with E-state index >= 15 is 0 Å². The predicted molar refractivity (Wildman–Crippen MR) is 113 cm³/mol. The highest BCUT2D eigenvalue weighted by molar-refractivity contribution is 5.75. The summed E-state index contributed by atoms with van der Waals surface area (Å²) in [6, 6.07) is 10.4. The molecule has 0 aliphatic carbocycles. The van der Waals surface area contributed by atoms with Gasteiger partial charge in [-0.3, -0.25) is 4.90 Å². The molecule has 3 heterocycles. The van der Waals surface area contributed by atoms with Crippen molar-refractivity contribution in [1.29, 1.82) is 0 Å². The van der Waals surface area contributed by atoms with Gasteiger partial charge in [0.25, 0.3) is 0 Å².